The third-order valence-electron chi connectivity index (χ3n) is 2.57. The molecule has 0 fully saturated rings. The number of carbonyl (C=O) groups is 1. The molecule has 0 aliphatic heterocycles. The molecule has 0 saturated heterocycles. The van der Waals surface area contributed by atoms with Gasteiger partial charge in [0.1, 0.15) is 0 Å². The molecule has 0 saturated carbocycles. The topological polar surface area (TPSA) is 37.3 Å². The van der Waals surface area contributed by atoms with Crippen LogP contribution < -0.4 is 0 Å². The largest absolute Gasteiger partial charge is 0.481 e. The highest BCUT2D eigenvalue weighted by atomic mass is 16.4. The number of aliphatic carboxylic acids is 1. The molecule has 0 rings (SSSR count). The standard InChI is InChI=1S/C16H26O2/c1-2-3-4-5-6-7-8-9-10-11-12-13-14-15-16(17)18/h4-9H,2-3,10-15H2,1H3,(H,17,18). The number of unbranched alkanes of at least 4 members (excludes halogenated alkanes) is 5. The third kappa shape index (κ3) is 14.7. The lowest BCUT2D eigenvalue weighted by molar-refractivity contribution is -0.137. The maximum absolute atomic E-state index is 10.3. The molecule has 0 unspecified atom stereocenters. The molecule has 0 aromatic carbocycles. The van der Waals surface area contributed by atoms with Crippen molar-refractivity contribution in [3.63, 3.8) is 0 Å². The van der Waals surface area contributed by atoms with Crippen LogP contribution in [0.3, 0.4) is 0 Å². The van der Waals surface area contributed by atoms with E-state index in [2.05, 4.69) is 43.4 Å². The molecule has 2 nitrogen and oxygen atoms in total. The highest BCUT2D eigenvalue weighted by Gasteiger charge is 1.95. The minimum Gasteiger partial charge on any atom is -0.481 e. The summed E-state index contributed by atoms with van der Waals surface area (Å²) < 4.78 is 0. The first-order valence-corrected chi connectivity index (χ1v) is 6.97. The van der Waals surface area contributed by atoms with Gasteiger partial charge < -0.3 is 5.11 Å². The Labute approximate surface area is 111 Å². The molecule has 2 heteroatoms. The first-order valence-electron chi connectivity index (χ1n) is 6.97. The van der Waals surface area contributed by atoms with Gasteiger partial charge in [-0.1, -0.05) is 62.6 Å². The van der Waals surface area contributed by atoms with Crippen LogP contribution in [0, 0.1) is 0 Å². The summed E-state index contributed by atoms with van der Waals surface area (Å²) in [6.07, 6.45) is 20.4. The van der Waals surface area contributed by atoms with Crippen LogP contribution >= 0.6 is 0 Å². The van der Waals surface area contributed by atoms with E-state index in [4.69, 9.17) is 5.11 Å². The minimum atomic E-state index is -0.684. The summed E-state index contributed by atoms with van der Waals surface area (Å²) >= 11 is 0. The lowest BCUT2D eigenvalue weighted by atomic mass is 10.1. The number of carboxylic acid groups (broad SMARTS) is 1. The summed E-state index contributed by atoms with van der Waals surface area (Å²) in [6.45, 7) is 2.17. The molecule has 0 spiro atoms. The van der Waals surface area contributed by atoms with E-state index in [1.165, 1.54) is 6.42 Å². The zero-order valence-electron chi connectivity index (χ0n) is 11.5. The Morgan fingerprint density at radius 2 is 1.50 bits per heavy atom. The Bertz CT molecular complexity index is 275. The van der Waals surface area contributed by atoms with Crippen LogP contribution in [0.2, 0.25) is 0 Å². The fraction of sp³-hybridized carbons (Fsp3) is 0.562. The Morgan fingerprint density at radius 1 is 0.889 bits per heavy atom. The molecule has 0 amide bonds. The highest BCUT2D eigenvalue weighted by molar-refractivity contribution is 5.66. The maximum atomic E-state index is 10.3. The zero-order chi connectivity index (χ0) is 13.5. The van der Waals surface area contributed by atoms with Crippen LogP contribution in [0.4, 0.5) is 0 Å². The van der Waals surface area contributed by atoms with Gasteiger partial charge in [-0.2, -0.15) is 0 Å². The number of allylic oxidation sites excluding steroid dienone is 6. The number of hydrogen-bond donors (Lipinski definition) is 1. The van der Waals surface area contributed by atoms with Gasteiger partial charge in [0.05, 0.1) is 0 Å². The van der Waals surface area contributed by atoms with Crippen molar-refractivity contribution in [2.45, 2.75) is 58.3 Å². The fourth-order valence-electron chi connectivity index (χ4n) is 1.54. The normalized spacial score (nSPS) is 12.1. The van der Waals surface area contributed by atoms with Gasteiger partial charge in [0.15, 0.2) is 0 Å². The molecule has 18 heavy (non-hydrogen) atoms. The SMILES string of the molecule is CCCC=CC=CC=CCCCCCCC(=O)O. The maximum Gasteiger partial charge on any atom is 0.303 e. The van der Waals surface area contributed by atoms with E-state index in [0.717, 1.165) is 38.5 Å². The zero-order valence-corrected chi connectivity index (χ0v) is 11.5. The Kier molecular flexibility index (Phi) is 12.8. The van der Waals surface area contributed by atoms with Crippen molar-refractivity contribution in [2.24, 2.45) is 0 Å². The number of hydrogen-bond acceptors (Lipinski definition) is 1. The van der Waals surface area contributed by atoms with Crippen LogP contribution in [0.1, 0.15) is 58.3 Å². The monoisotopic (exact) mass is 250 g/mol. The Balaban J connectivity index is 3.30. The molecule has 0 radical (unpaired) electrons. The van der Waals surface area contributed by atoms with Gasteiger partial charge >= 0.3 is 5.97 Å². The summed E-state index contributed by atoms with van der Waals surface area (Å²) in [4.78, 5) is 10.3. The fourth-order valence-corrected chi connectivity index (χ4v) is 1.54. The van der Waals surface area contributed by atoms with Crippen molar-refractivity contribution >= 4 is 5.97 Å². The third-order valence-corrected chi connectivity index (χ3v) is 2.57. The van der Waals surface area contributed by atoms with Gasteiger partial charge in [-0.15, -0.1) is 0 Å². The molecule has 0 aliphatic rings. The van der Waals surface area contributed by atoms with E-state index in [9.17, 15) is 4.79 Å². The predicted octanol–water partition coefficient (Wildman–Crippen LogP) is 4.88. The van der Waals surface area contributed by atoms with Crippen LogP contribution in [-0.2, 0) is 4.79 Å². The molecule has 0 bridgehead atoms. The average molecular weight is 250 g/mol. The second-order valence-corrected chi connectivity index (χ2v) is 4.38. The lowest BCUT2D eigenvalue weighted by Crippen LogP contribution is -1.93. The summed E-state index contributed by atoms with van der Waals surface area (Å²) in [5.74, 6) is -0.684. The molecule has 102 valence electrons. The smallest absolute Gasteiger partial charge is 0.303 e. The van der Waals surface area contributed by atoms with Crippen LogP contribution in [-0.4, -0.2) is 11.1 Å². The van der Waals surface area contributed by atoms with Gasteiger partial charge in [-0.05, 0) is 25.7 Å². The van der Waals surface area contributed by atoms with Gasteiger partial charge in [-0.25, -0.2) is 0 Å². The van der Waals surface area contributed by atoms with Crippen LogP contribution in [0.25, 0.3) is 0 Å². The first kappa shape index (κ1) is 16.7. The second kappa shape index (κ2) is 13.8. The van der Waals surface area contributed by atoms with Gasteiger partial charge in [-0.3, -0.25) is 4.79 Å². The molecule has 0 aromatic rings. The Morgan fingerprint density at radius 3 is 2.11 bits per heavy atom. The van der Waals surface area contributed by atoms with Crippen molar-refractivity contribution < 1.29 is 9.90 Å². The van der Waals surface area contributed by atoms with Gasteiger partial charge in [0.2, 0.25) is 0 Å². The Hall–Kier alpha value is -1.31. The highest BCUT2D eigenvalue weighted by Crippen LogP contribution is 2.05. The van der Waals surface area contributed by atoms with E-state index < -0.39 is 5.97 Å². The summed E-state index contributed by atoms with van der Waals surface area (Å²) in [5, 5.41) is 8.47. The van der Waals surface area contributed by atoms with E-state index in [-0.39, 0.29) is 0 Å². The quantitative estimate of drug-likeness (QED) is 0.419. The first-order chi connectivity index (χ1) is 8.77. The average Bonchev–Trinajstić information content (AvgIpc) is 2.34. The van der Waals surface area contributed by atoms with Crippen molar-refractivity contribution in [1.82, 2.24) is 0 Å². The molecule has 0 aliphatic carbocycles. The number of rotatable bonds is 11. The van der Waals surface area contributed by atoms with Crippen molar-refractivity contribution in [3.05, 3.63) is 36.5 Å². The van der Waals surface area contributed by atoms with E-state index in [1.807, 2.05) is 0 Å². The predicted molar refractivity (Wildman–Crippen MR) is 77.7 cm³/mol. The summed E-state index contributed by atoms with van der Waals surface area (Å²) in [7, 11) is 0. The molecule has 0 heterocycles. The van der Waals surface area contributed by atoms with E-state index in [0.29, 0.717) is 6.42 Å². The minimum absolute atomic E-state index is 0.308. The molecular formula is C16H26O2. The lowest BCUT2D eigenvalue weighted by Gasteiger charge is -1.96. The van der Waals surface area contributed by atoms with Gasteiger partial charge in [0.25, 0.3) is 0 Å². The van der Waals surface area contributed by atoms with Crippen LogP contribution in [0.5, 0.6) is 0 Å². The van der Waals surface area contributed by atoms with Crippen LogP contribution in [0.15, 0.2) is 36.5 Å². The second-order valence-electron chi connectivity index (χ2n) is 4.38. The number of carboxylic acids is 1. The summed E-state index contributed by atoms with van der Waals surface area (Å²) in [6, 6.07) is 0. The van der Waals surface area contributed by atoms with Crippen molar-refractivity contribution in [1.29, 1.82) is 0 Å². The molecule has 0 aromatic heterocycles. The molecule has 1 N–H and O–H groups in total. The molecular weight excluding hydrogens is 224 g/mol. The van der Waals surface area contributed by atoms with Crippen molar-refractivity contribution in [2.75, 3.05) is 0 Å². The molecule has 0 atom stereocenters. The van der Waals surface area contributed by atoms with E-state index in [1.54, 1.807) is 0 Å². The van der Waals surface area contributed by atoms with Gasteiger partial charge in [0, 0.05) is 6.42 Å². The summed E-state index contributed by atoms with van der Waals surface area (Å²) in [5.41, 5.74) is 0. The van der Waals surface area contributed by atoms with Crippen molar-refractivity contribution in [3.8, 4) is 0 Å². The van der Waals surface area contributed by atoms with E-state index >= 15 is 0 Å².